The lowest BCUT2D eigenvalue weighted by atomic mass is 9.78. The van der Waals surface area contributed by atoms with Crippen LogP contribution in [0.5, 0.6) is 0 Å². The van der Waals surface area contributed by atoms with Crippen LogP contribution in [0.1, 0.15) is 64.7 Å². The number of carbonyl (C=O) groups is 2. The fourth-order valence-electron chi connectivity index (χ4n) is 6.12. The van der Waals surface area contributed by atoms with E-state index in [0.29, 0.717) is 11.5 Å². The van der Waals surface area contributed by atoms with E-state index >= 15 is 0 Å². The molecule has 0 radical (unpaired) electrons. The fraction of sp³-hybridized carbons (Fsp3) is 0.314. The number of Topliss-reactive ketones (excluding diaryl/α,β-unsaturated/α-hetero) is 1. The number of nitrogens with one attached hydrogen (secondary N) is 2. The van der Waals surface area contributed by atoms with E-state index in [1.54, 1.807) is 12.1 Å². The van der Waals surface area contributed by atoms with Gasteiger partial charge in [-0.05, 0) is 92.7 Å². The first kappa shape index (κ1) is 27.8. The Morgan fingerprint density at radius 1 is 0.976 bits per heavy atom. The summed E-state index contributed by atoms with van der Waals surface area (Å²) in [7, 11) is 0. The van der Waals surface area contributed by atoms with Crippen LogP contribution in [0.25, 0.3) is 11.3 Å². The van der Waals surface area contributed by atoms with E-state index in [-0.39, 0.29) is 24.0 Å². The summed E-state index contributed by atoms with van der Waals surface area (Å²) < 4.78 is 0. The maximum Gasteiger partial charge on any atom is 0.228 e. The predicted molar refractivity (Wildman–Crippen MR) is 167 cm³/mol. The van der Waals surface area contributed by atoms with Crippen molar-refractivity contribution in [3.8, 4) is 11.3 Å². The topological polar surface area (TPSA) is 87.2 Å². The van der Waals surface area contributed by atoms with Gasteiger partial charge in [0.05, 0.1) is 12.1 Å². The first-order valence-corrected chi connectivity index (χ1v) is 14.9. The van der Waals surface area contributed by atoms with Crippen molar-refractivity contribution < 1.29 is 9.59 Å². The van der Waals surface area contributed by atoms with Gasteiger partial charge in [-0.1, -0.05) is 54.6 Å². The third-order valence-electron chi connectivity index (χ3n) is 8.31. The molecule has 6 rings (SSSR count). The monoisotopic (exact) mass is 559 g/mol. The number of carbonyl (C=O) groups excluding carboxylic acids is 2. The zero-order valence-electron chi connectivity index (χ0n) is 24.1. The number of likely N-dealkylation sites (tertiary alicyclic amines) is 1. The third-order valence-corrected chi connectivity index (χ3v) is 8.31. The lowest BCUT2D eigenvalue weighted by Gasteiger charge is -2.27. The highest BCUT2D eigenvalue weighted by Crippen LogP contribution is 2.42. The van der Waals surface area contributed by atoms with Gasteiger partial charge >= 0.3 is 0 Å². The van der Waals surface area contributed by atoms with Gasteiger partial charge in [-0.2, -0.15) is 0 Å². The Bertz CT molecular complexity index is 1580. The molecule has 2 heterocycles. The number of amides is 1. The number of hydrogen-bond donors (Lipinski definition) is 2. The van der Waals surface area contributed by atoms with Crippen molar-refractivity contribution in [2.45, 2.75) is 44.9 Å². The Morgan fingerprint density at radius 3 is 2.60 bits per heavy atom. The van der Waals surface area contributed by atoms with E-state index < -0.39 is 0 Å². The van der Waals surface area contributed by atoms with Crippen LogP contribution in [0.3, 0.4) is 0 Å². The Balaban J connectivity index is 1.12. The summed E-state index contributed by atoms with van der Waals surface area (Å²) in [6, 6.07) is 23.8. The number of hydrogen-bond acceptors (Lipinski definition) is 6. The van der Waals surface area contributed by atoms with Gasteiger partial charge in [0.15, 0.2) is 5.78 Å². The third kappa shape index (κ3) is 6.42. The first-order chi connectivity index (χ1) is 20.5. The molecule has 1 unspecified atom stereocenters. The second-order valence-corrected chi connectivity index (χ2v) is 11.3. The van der Waals surface area contributed by atoms with Crippen LogP contribution in [0.2, 0.25) is 0 Å². The van der Waals surface area contributed by atoms with Crippen LogP contribution in [0, 0.1) is 0 Å². The average molecular weight is 560 g/mol. The van der Waals surface area contributed by atoms with Gasteiger partial charge < -0.3 is 15.5 Å². The molecule has 2 aliphatic rings. The molecule has 42 heavy (non-hydrogen) atoms. The van der Waals surface area contributed by atoms with Crippen LogP contribution < -0.4 is 10.6 Å². The van der Waals surface area contributed by atoms with Crippen molar-refractivity contribution in [1.82, 2.24) is 14.9 Å². The normalized spacial score (nSPS) is 16.0. The molecule has 4 aromatic rings. The molecular weight excluding hydrogens is 522 g/mol. The maximum atomic E-state index is 12.7. The van der Waals surface area contributed by atoms with Crippen LogP contribution in [0.15, 0.2) is 79.0 Å². The largest absolute Gasteiger partial charge is 0.354 e. The molecule has 1 saturated heterocycles. The predicted octanol–water partition coefficient (Wildman–Crippen LogP) is 6.11. The molecule has 1 aromatic heterocycles. The average Bonchev–Trinajstić information content (AvgIpc) is 3.53. The van der Waals surface area contributed by atoms with Gasteiger partial charge in [-0.25, -0.2) is 9.97 Å². The van der Waals surface area contributed by atoms with Crippen LogP contribution in [-0.4, -0.2) is 52.7 Å². The Labute approximate surface area is 247 Å². The van der Waals surface area contributed by atoms with Gasteiger partial charge in [0.2, 0.25) is 11.9 Å². The van der Waals surface area contributed by atoms with Crippen molar-refractivity contribution in [2.75, 3.05) is 36.8 Å². The molecule has 1 amide bonds. The number of anilines is 2. The molecular formula is C35H37N5O2. The molecule has 1 fully saturated rings. The van der Waals surface area contributed by atoms with Crippen molar-refractivity contribution in [2.24, 2.45) is 0 Å². The highest BCUT2D eigenvalue weighted by Gasteiger charge is 2.27. The molecule has 7 nitrogen and oxygen atoms in total. The number of rotatable bonds is 10. The Hall–Kier alpha value is -4.36. The summed E-state index contributed by atoms with van der Waals surface area (Å²) in [4.78, 5) is 36.5. The highest BCUT2D eigenvalue weighted by molar-refractivity contribution is 5.95. The molecule has 0 spiro atoms. The van der Waals surface area contributed by atoms with Crippen LogP contribution in [-0.2, 0) is 17.6 Å². The molecule has 1 atom stereocenters. The zero-order chi connectivity index (χ0) is 28.9. The van der Waals surface area contributed by atoms with Gasteiger partial charge in [0, 0.05) is 35.5 Å². The highest BCUT2D eigenvalue weighted by atomic mass is 16.1. The van der Waals surface area contributed by atoms with Gasteiger partial charge in [0.25, 0.3) is 0 Å². The standard InChI is InChI=1S/C35H37N5O2/c1-24(41)27-9-6-8-25(20-27)21-33(42)38-29-14-12-26(13-15-29)32-22-28-23-37-35(36-16-7-19-40-17-4-5-18-40)39-34(28)31-11-3-2-10-30(31)32/h2-3,6,8-15,20,23,32H,4-5,7,16-19,21-22H2,1H3,(H,38,42)(H,36,37,39). The fourth-order valence-corrected chi connectivity index (χ4v) is 6.12. The summed E-state index contributed by atoms with van der Waals surface area (Å²) in [5, 5.41) is 6.43. The SMILES string of the molecule is CC(=O)c1cccc(CC(=O)Nc2ccc(C3Cc4cnc(NCCCN5CCCC5)nc4-c4ccccc43)cc2)c1. The van der Waals surface area contributed by atoms with E-state index in [0.717, 1.165) is 54.0 Å². The second-order valence-electron chi connectivity index (χ2n) is 11.3. The molecule has 0 saturated carbocycles. The number of nitrogens with zero attached hydrogens (tertiary/aromatic N) is 3. The minimum absolute atomic E-state index is 0.00768. The van der Waals surface area contributed by atoms with Gasteiger partial charge in [-0.3, -0.25) is 9.59 Å². The molecule has 0 bridgehead atoms. The maximum absolute atomic E-state index is 12.7. The summed E-state index contributed by atoms with van der Waals surface area (Å²) in [5.74, 6) is 0.747. The number of benzene rings is 3. The van der Waals surface area contributed by atoms with Gasteiger partial charge in [0.1, 0.15) is 0 Å². The van der Waals surface area contributed by atoms with Crippen molar-refractivity contribution in [3.05, 3.63) is 107 Å². The Morgan fingerprint density at radius 2 is 1.79 bits per heavy atom. The molecule has 3 aromatic carbocycles. The van der Waals surface area contributed by atoms with E-state index in [9.17, 15) is 9.59 Å². The molecule has 7 heteroatoms. The summed E-state index contributed by atoms with van der Waals surface area (Å²) in [5.41, 5.74) is 7.93. The summed E-state index contributed by atoms with van der Waals surface area (Å²) in [6.07, 6.45) is 6.74. The van der Waals surface area contributed by atoms with Gasteiger partial charge in [-0.15, -0.1) is 0 Å². The smallest absolute Gasteiger partial charge is 0.228 e. The number of ketones is 1. The number of aromatic nitrogens is 2. The van der Waals surface area contributed by atoms with E-state index in [1.807, 2.05) is 30.5 Å². The molecule has 214 valence electrons. The number of fused-ring (bicyclic) bond motifs is 3. The van der Waals surface area contributed by atoms with Crippen LogP contribution >= 0.6 is 0 Å². The van der Waals surface area contributed by atoms with Crippen molar-refractivity contribution in [3.63, 3.8) is 0 Å². The molecule has 1 aliphatic heterocycles. The van der Waals surface area contributed by atoms with E-state index in [4.69, 9.17) is 4.98 Å². The second kappa shape index (κ2) is 12.7. The van der Waals surface area contributed by atoms with E-state index in [1.165, 1.54) is 44.0 Å². The quantitative estimate of drug-likeness (QED) is 0.180. The zero-order valence-corrected chi connectivity index (χ0v) is 24.1. The molecule has 1 aliphatic carbocycles. The minimum Gasteiger partial charge on any atom is -0.354 e. The van der Waals surface area contributed by atoms with E-state index in [2.05, 4.69) is 56.9 Å². The summed E-state index contributed by atoms with van der Waals surface area (Å²) >= 11 is 0. The molecule has 2 N–H and O–H groups in total. The lowest BCUT2D eigenvalue weighted by Crippen LogP contribution is -2.22. The first-order valence-electron chi connectivity index (χ1n) is 14.9. The Kier molecular flexibility index (Phi) is 8.38. The van der Waals surface area contributed by atoms with Crippen LogP contribution in [0.4, 0.5) is 11.6 Å². The summed E-state index contributed by atoms with van der Waals surface area (Å²) in [6.45, 7) is 5.97. The minimum atomic E-state index is -0.113. The van der Waals surface area contributed by atoms with Crippen molar-refractivity contribution in [1.29, 1.82) is 0 Å². The lowest BCUT2D eigenvalue weighted by molar-refractivity contribution is -0.115. The van der Waals surface area contributed by atoms with Crippen molar-refractivity contribution >= 4 is 23.3 Å².